The highest BCUT2D eigenvalue weighted by atomic mass is 15.1. The zero-order valence-corrected chi connectivity index (χ0v) is 37.5. The van der Waals surface area contributed by atoms with Gasteiger partial charge in [-0.25, -0.2) is 0 Å². The molecule has 0 amide bonds. The van der Waals surface area contributed by atoms with Gasteiger partial charge in [-0.3, -0.25) is 0 Å². The molecule has 11 aromatic carbocycles. The molecule has 2 heteroatoms. The van der Waals surface area contributed by atoms with E-state index in [0.29, 0.717) is 0 Å². The monoisotopic (exact) mass is 866 g/mol. The summed E-state index contributed by atoms with van der Waals surface area (Å²) in [6, 6.07) is 101. The van der Waals surface area contributed by atoms with E-state index in [1.54, 1.807) is 0 Å². The lowest BCUT2D eigenvalue weighted by Gasteiger charge is -2.29. The molecule has 12 aromatic rings. The zero-order chi connectivity index (χ0) is 45.2. The standard InChI is InChI=1S/C66H46N2/c1-4-20-47(21-5-1)48-38-40-51(41-39-48)57-29-12-15-35-63(57)67(53-42-44-54(45-43-53)68-64-36-16-13-30-60(64)61-31-14-17-37-65(61)68)55-27-18-26-52(46-55)59-34-19-33-58(50-24-8-3-9-25-50)66(59)62-32-11-10-28-56(62)49-22-6-2-7-23-49/h1-46H. The van der Waals surface area contributed by atoms with Crippen molar-refractivity contribution in [3.8, 4) is 72.4 Å². The first kappa shape index (κ1) is 40.5. The van der Waals surface area contributed by atoms with Gasteiger partial charge in [-0.1, -0.05) is 224 Å². The van der Waals surface area contributed by atoms with Crippen LogP contribution in [0.25, 0.3) is 94.3 Å². The Bertz CT molecular complexity index is 3650. The molecule has 0 aliphatic rings. The average molecular weight is 867 g/mol. The molecule has 0 aliphatic carbocycles. The first-order valence-electron chi connectivity index (χ1n) is 23.3. The number of hydrogen-bond donors (Lipinski definition) is 0. The number of fused-ring (bicyclic) bond motifs is 3. The van der Waals surface area contributed by atoms with Crippen LogP contribution in [0.15, 0.2) is 279 Å². The fourth-order valence-electron chi connectivity index (χ4n) is 10.1. The highest BCUT2D eigenvalue weighted by molar-refractivity contribution is 6.09. The Hall–Kier alpha value is -8.98. The van der Waals surface area contributed by atoms with Gasteiger partial charge in [0.05, 0.1) is 16.7 Å². The van der Waals surface area contributed by atoms with E-state index >= 15 is 0 Å². The van der Waals surface area contributed by atoms with E-state index in [1.807, 2.05) is 0 Å². The maximum atomic E-state index is 2.43. The van der Waals surface area contributed by atoms with E-state index in [1.165, 1.54) is 71.9 Å². The van der Waals surface area contributed by atoms with Crippen LogP contribution in [0.1, 0.15) is 0 Å². The average Bonchev–Trinajstić information content (AvgIpc) is 3.76. The van der Waals surface area contributed by atoms with Gasteiger partial charge in [0.15, 0.2) is 0 Å². The fourth-order valence-corrected chi connectivity index (χ4v) is 10.1. The van der Waals surface area contributed by atoms with Gasteiger partial charge >= 0.3 is 0 Å². The van der Waals surface area contributed by atoms with Crippen LogP contribution in [0, 0.1) is 0 Å². The van der Waals surface area contributed by atoms with Crippen molar-refractivity contribution in [3.63, 3.8) is 0 Å². The molecule has 2 nitrogen and oxygen atoms in total. The number of nitrogens with zero attached hydrogens (tertiary/aromatic N) is 2. The van der Waals surface area contributed by atoms with Crippen LogP contribution in [-0.4, -0.2) is 4.57 Å². The minimum atomic E-state index is 1.06. The van der Waals surface area contributed by atoms with Crippen molar-refractivity contribution in [3.05, 3.63) is 279 Å². The van der Waals surface area contributed by atoms with Crippen molar-refractivity contribution in [2.75, 3.05) is 4.90 Å². The summed E-state index contributed by atoms with van der Waals surface area (Å²) in [5.74, 6) is 0. The Morgan fingerprint density at radius 2 is 0.676 bits per heavy atom. The summed E-state index contributed by atoms with van der Waals surface area (Å²) in [5.41, 5.74) is 20.9. The SMILES string of the molecule is c1ccc(-c2ccc(-c3ccccc3N(c3ccc(-n4c5ccccc5c5ccccc54)cc3)c3cccc(-c4cccc(-c5ccccc5)c4-c4ccccc4-c4ccccc4)c3)cc2)cc1. The van der Waals surface area contributed by atoms with Gasteiger partial charge in [-0.2, -0.15) is 0 Å². The van der Waals surface area contributed by atoms with Crippen LogP contribution in [0.4, 0.5) is 17.1 Å². The molecule has 0 aliphatic heterocycles. The molecule has 0 unspecified atom stereocenters. The summed E-state index contributed by atoms with van der Waals surface area (Å²) in [6.07, 6.45) is 0. The second kappa shape index (κ2) is 17.8. The largest absolute Gasteiger partial charge is 0.310 e. The first-order valence-corrected chi connectivity index (χ1v) is 23.3. The molecule has 0 radical (unpaired) electrons. The number of anilines is 3. The lowest BCUT2D eigenvalue weighted by molar-refractivity contribution is 1.17. The van der Waals surface area contributed by atoms with Gasteiger partial charge in [-0.15, -0.1) is 0 Å². The zero-order valence-electron chi connectivity index (χ0n) is 37.5. The Labute approximate surface area is 397 Å². The van der Waals surface area contributed by atoms with E-state index in [0.717, 1.165) is 39.4 Å². The van der Waals surface area contributed by atoms with E-state index < -0.39 is 0 Å². The number of hydrogen-bond acceptors (Lipinski definition) is 1. The molecule has 0 saturated heterocycles. The van der Waals surface area contributed by atoms with E-state index in [-0.39, 0.29) is 0 Å². The first-order chi connectivity index (χ1) is 33.8. The highest BCUT2D eigenvalue weighted by Crippen LogP contribution is 2.47. The van der Waals surface area contributed by atoms with Gasteiger partial charge in [-0.05, 0) is 116 Å². The van der Waals surface area contributed by atoms with Crippen molar-refractivity contribution in [1.82, 2.24) is 4.57 Å². The lowest BCUT2D eigenvalue weighted by Crippen LogP contribution is -2.11. The van der Waals surface area contributed by atoms with Crippen molar-refractivity contribution < 1.29 is 0 Å². The molecule has 0 fully saturated rings. The highest BCUT2D eigenvalue weighted by Gasteiger charge is 2.22. The normalized spacial score (nSPS) is 11.2. The molecule has 320 valence electrons. The Morgan fingerprint density at radius 3 is 1.32 bits per heavy atom. The molecular weight excluding hydrogens is 821 g/mol. The second-order valence-corrected chi connectivity index (χ2v) is 17.2. The number of aromatic nitrogens is 1. The number of para-hydroxylation sites is 3. The molecule has 68 heavy (non-hydrogen) atoms. The molecule has 1 aromatic heterocycles. The van der Waals surface area contributed by atoms with Crippen molar-refractivity contribution in [2.24, 2.45) is 0 Å². The molecule has 12 rings (SSSR count). The van der Waals surface area contributed by atoms with Crippen LogP contribution in [0.2, 0.25) is 0 Å². The van der Waals surface area contributed by atoms with Crippen LogP contribution >= 0.6 is 0 Å². The molecular formula is C66H46N2. The molecule has 0 spiro atoms. The Balaban J connectivity index is 1.04. The number of benzene rings is 11. The Morgan fingerprint density at radius 1 is 0.250 bits per heavy atom. The minimum absolute atomic E-state index is 1.06. The molecule has 0 N–H and O–H groups in total. The van der Waals surface area contributed by atoms with Crippen LogP contribution in [-0.2, 0) is 0 Å². The van der Waals surface area contributed by atoms with Crippen LogP contribution in [0.5, 0.6) is 0 Å². The third-order valence-corrected chi connectivity index (χ3v) is 13.2. The maximum absolute atomic E-state index is 2.43. The topological polar surface area (TPSA) is 8.17 Å². The Kier molecular flexibility index (Phi) is 10.6. The van der Waals surface area contributed by atoms with Crippen LogP contribution in [0.3, 0.4) is 0 Å². The summed E-state index contributed by atoms with van der Waals surface area (Å²) in [6.45, 7) is 0. The van der Waals surface area contributed by atoms with E-state index in [9.17, 15) is 0 Å². The molecule has 0 atom stereocenters. The summed E-state index contributed by atoms with van der Waals surface area (Å²) < 4.78 is 2.39. The van der Waals surface area contributed by atoms with Gasteiger partial charge < -0.3 is 9.47 Å². The van der Waals surface area contributed by atoms with Crippen molar-refractivity contribution >= 4 is 38.9 Å². The van der Waals surface area contributed by atoms with Gasteiger partial charge in [0.2, 0.25) is 0 Å². The van der Waals surface area contributed by atoms with E-state index in [4.69, 9.17) is 0 Å². The van der Waals surface area contributed by atoms with Crippen molar-refractivity contribution in [1.29, 1.82) is 0 Å². The van der Waals surface area contributed by atoms with Gasteiger partial charge in [0, 0.05) is 33.4 Å². The van der Waals surface area contributed by atoms with Gasteiger partial charge in [0.25, 0.3) is 0 Å². The summed E-state index contributed by atoms with van der Waals surface area (Å²) in [7, 11) is 0. The quantitative estimate of drug-likeness (QED) is 0.133. The fraction of sp³-hybridized carbons (Fsp3) is 0. The second-order valence-electron chi connectivity index (χ2n) is 17.2. The molecule has 0 bridgehead atoms. The predicted molar refractivity (Wildman–Crippen MR) is 288 cm³/mol. The third-order valence-electron chi connectivity index (χ3n) is 13.2. The maximum Gasteiger partial charge on any atom is 0.0541 e. The molecule has 1 heterocycles. The smallest absolute Gasteiger partial charge is 0.0541 e. The molecule has 0 saturated carbocycles. The minimum Gasteiger partial charge on any atom is -0.310 e. The van der Waals surface area contributed by atoms with Crippen molar-refractivity contribution in [2.45, 2.75) is 0 Å². The predicted octanol–water partition coefficient (Wildman–Crippen LogP) is 18.3. The third kappa shape index (κ3) is 7.45. The summed E-state index contributed by atoms with van der Waals surface area (Å²) in [5, 5.41) is 2.50. The van der Waals surface area contributed by atoms with Gasteiger partial charge in [0.1, 0.15) is 0 Å². The van der Waals surface area contributed by atoms with Crippen LogP contribution < -0.4 is 4.90 Å². The lowest BCUT2D eigenvalue weighted by atomic mass is 9.84. The summed E-state index contributed by atoms with van der Waals surface area (Å²) in [4.78, 5) is 2.43. The van der Waals surface area contributed by atoms with E-state index in [2.05, 4.69) is 289 Å². The summed E-state index contributed by atoms with van der Waals surface area (Å²) >= 11 is 0. The number of rotatable bonds is 10.